The molecular weight excluding hydrogens is 319 g/mol. The van der Waals surface area contributed by atoms with Crippen LogP contribution in [0.15, 0.2) is 10.5 Å². The fraction of sp³-hybridized carbons (Fsp3) is 0.643. The third-order valence-corrected chi connectivity index (χ3v) is 4.70. The molecule has 0 aromatic carbocycles. The zero-order valence-corrected chi connectivity index (χ0v) is 14.8. The molecule has 1 aromatic heterocycles. The molecule has 0 aliphatic carbocycles. The second kappa shape index (κ2) is 5.00. The summed E-state index contributed by atoms with van der Waals surface area (Å²) in [7, 11) is 3.57. The third kappa shape index (κ3) is 2.61. The van der Waals surface area contributed by atoms with E-state index < -0.39 is 0 Å². The van der Waals surface area contributed by atoms with E-state index in [-0.39, 0.29) is 18.3 Å². The third-order valence-electron chi connectivity index (χ3n) is 4.12. The van der Waals surface area contributed by atoms with E-state index in [1.165, 1.54) is 0 Å². The van der Waals surface area contributed by atoms with Crippen LogP contribution in [0.2, 0.25) is 0 Å². The normalized spacial score (nSPS) is 20.3. The molecule has 0 bridgehead atoms. The highest BCUT2D eigenvalue weighted by Gasteiger charge is 2.52. The Morgan fingerprint density at radius 2 is 1.65 bits per heavy atom. The maximum atomic E-state index is 6.09. The van der Waals surface area contributed by atoms with Crippen LogP contribution in [-0.2, 0) is 9.31 Å². The van der Waals surface area contributed by atoms with Crippen molar-refractivity contribution in [3.63, 3.8) is 0 Å². The van der Waals surface area contributed by atoms with Crippen molar-refractivity contribution in [2.45, 2.75) is 45.8 Å². The number of halogens is 1. The highest BCUT2D eigenvalue weighted by Crippen LogP contribution is 2.37. The molecule has 6 heteroatoms. The van der Waals surface area contributed by atoms with Crippen molar-refractivity contribution >= 4 is 34.3 Å². The summed E-state index contributed by atoms with van der Waals surface area (Å²) in [6.07, 6.45) is 0. The number of hydrogen-bond donors (Lipinski definition) is 0. The topological polar surface area (TPSA) is 34.6 Å². The van der Waals surface area contributed by atoms with Crippen LogP contribution in [0.3, 0.4) is 0 Å². The summed E-state index contributed by atoms with van der Waals surface area (Å²) >= 11 is 3.57. The first kappa shape index (κ1) is 15.8. The molecule has 1 fully saturated rings. The monoisotopic (exact) mass is 340 g/mol. The lowest BCUT2D eigenvalue weighted by atomic mass is 9.78. The van der Waals surface area contributed by atoms with Gasteiger partial charge in [0.1, 0.15) is 5.82 Å². The van der Waals surface area contributed by atoms with Crippen LogP contribution < -0.4 is 10.4 Å². The van der Waals surface area contributed by atoms with Crippen LogP contribution in [0.1, 0.15) is 33.4 Å². The Morgan fingerprint density at radius 1 is 1.15 bits per heavy atom. The van der Waals surface area contributed by atoms with E-state index in [0.717, 1.165) is 21.4 Å². The van der Waals surface area contributed by atoms with Crippen LogP contribution in [0.25, 0.3) is 0 Å². The van der Waals surface area contributed by atoms with E-state index in [9.17, 15) is 0 Å². The Hall–Kier alpha value is -0.585. The zero-order valence-electron chi connectivity index (χ0n) is 13.2. The van der Waals surface area contributed by atoms with Crippen LogP contribution in [-0.4, -0.2) is 37.4 Å². The van der Waals surface area contributed by atoms with E-state index in [4.69, 9.17) is 9.31 Å². The molecule has 110 valence electrons. The first-order valence-corrected chi connectivity index (χ1v) is 7.54. The fourth-order valence-electron chi connectivity index (χ4n) is 2.10. The lowest BCUT2D eigenvalue weighted by Gasteiger charge is -2.32. The summed E-state index contributed by atoms with van der Waals surface area (Å²) < 4.78 is 13.1. The Balaban J connectivity index is 2.39. The van der Waals surface area contributed by atoms with Gasteiger partial charge in [-0.3, -0.25) is 0 Å². The van der Waals surface area contributed by atoms with Crippen molar-refractivity contribution in [1.29, 1.82) is 0 Å². The maximum absolute atomic E-state index is 6.09. The largest absolute Gasteiger partial charge is 0.496 e. The minimum Gasteiger partial charge on any atom is -0.399 e. The number of aryl methyl sites for hydroxylation is 1. The van der Waals surface area contributed by atoms with Crippen molar-refractivity contribution in [1.82, 2.24) is 4.98 Å². The van der Waals surface area contributed by atoms with Gasteiger partial charge < -0.3 is 14.2 Å². The van der Waals surface area contributed by atoms with E-state index in [1.807, 2.05) is 32.0 Å². The highest BCUT2D eigenvalue weighted by molar-refractivity contribution is 9.10. The van der Waals surface area contributed by atoms with Crippen molar-refractivity contribution in [3.05, 3.63) is 16.2 Å². The number of aromatic nitrogens is 1. The van der Waals surface area contributed by atoms with Gasteiger partial charge >= 0.3 is 7.12 Å². The van der Waals surface area contributed by atoms with Gasteiger partial charge in [-0.1, -0.05) is 0 Å². The summed E-state index contributed by atoms with van der Waals surface area (Å²) in [6.45, 7) is 10.2. The molecule has 0 atom stereocenters. The average Bonchev–Trinajstić information content (AvgIpc) is 2.50. The highest BCUT2D eigenvalue weighted by atomic mass is 79.9. The van der Waals surface area contributed by atoms with Gasteiger partial charge in [-0.15, -0.1) is 0 Å². The molecule has 2 rings (SSSR count). The maximum Gasteiger partial charge on any atom is 0.496 e. The standard InChI is InChI=1S/C14H22BBrN2O2/c1-9-10(8-11(16)12(17-9)18(6)7)15-19-13(2,3)14(4,5)20-15/h8H,1-7H3. The van der Waals surface area contributed by atoms with Crippen molar-refractivity contribution in [2.24, 2.45) is 0 Å². The van der Waals surface area contributed by atoms with Gasteiger partial charge in [0.05, 0.1) is 15.7 Å². The summed E-state index contributed by atoms with van der Waals surface area (Å²) in [5, 5.41) is 0. The smallest absolute Gasteiger partial charge is 0.399 e. The molecule has 0 amide bonds. The molecule has 0 spiro atoms. The first-order valence-electron chi connectivity index (χ1n) is 6.75. The van der Waals surface area contributed by atoms with E-state index >= 15 is 0 Å². The molecule has 1 aliphatic heterocycles. The molecule has 2 heterocycles. The van der Waals surface area contributed by atoms with Gasteiger partial charge in [-0.25, -0.2) is 4.98 Å². The summed E-state index contributed by atoms with van der Waals surface area (Å²) in [4.78, 5) is 6.61. The Kier molecular flexibility index (Phi) is 3.95. The number of nitrogens with zero attached hydrogens (tertiary/aromatic N) is 2. The number of pyridine rings is 1. The summed E-state index contributed by atoms with van der Waals surface area (Å²) in [6, 6.07) is 2.04. The molecule has 1 saturated heterocycles. The van der Waals surface area contributed by atoms with Crippen molar-refractivity contribution < 1.29 is 9.31 Å². The number of rotatable bonds is 2. The second-order valence-electron chi connectivity index (χ2n) is 6.45. The molecule has 4 nitrogen and oxygen atoms in total. The van der Waals surface area contributed by atoms with Crippen LogP contribution in [0.5, 0.6) is 0 Å². The Bertz CT molecular complexity index is 516. The Labute approximate surface area is 130 Å². The number of hydrogen-bond acceptors (Lipinski definition) is 4. The SMILES string of the molecule is Cc1nc(N(C)C)c(Br)cc1B1OC(C)(C)C(C)(C)O1. The van der Waals surface area contributed by atoms with Gasteiger partial charge in [0.25, 0.3) is 0 Å². The number of anilines is 1. The first-order chi connectivity index (χ1) is 9.05. The van der Waals surface area contributed by atoms with Crippen molar-refractivity contribution in [2.75, 3.05) is 19.0 Å². The molecule has 0 N–H and O–H groups in total. The van der Waals surface area contributed by atoms with Gasteiger partial charge in [0, 0.05) is 25.3 Å². The average molecular weight is 341 g/mol. The summed E-state index contributed by atoms with van der Waals surface area (Å²) in [5.41, 5.74) is 1.23. The molecule has 0 unspecified atom stereocenters. The van der Waals surface area contributed by atoms with Crippen LogP contribution in [0, 0.1) is 6.92 Å². The second-order valence-corrected chi connectivity index (χ2v) is 7.31. The van der Waals surface area contributed by atoms with Gasteiger partial charge in [0.2, 0.25) is 0 Å². The van der Waals surface area contributed by atoms with Crippen LogP contribution >= 0.6 is 15.9 Å². The lowest BCUT2D eigenvalue weighted by molar-refractivity contribution is 0.00578. The van der Waals surface area contributed by atoms with Gasteiger partial charge in [-0.05, 0) is 56.6 Å². The fourth-order valence-corrected chi connectivity index (χ4v) is 2.79. The molecule has 0 radical (unpaired) electrons. The minimum absolute atomic E-state index is 0.337. The van der Waals surface area contributed by atoms with Crippen LogP contribution in [0.4, 0.5) is 5.82 Å². The lowest BCUT2D eigenvalue weighted by Crippen LogP contribution is -2.41. The molecule has 0 saturated carbocycles. The molecule has 20 heavy (non-hydrogen) atoms. The zero-order chi connectivity index (χ0) is 15.3. The predicted octanol–water partition coefficient (Wildman–Crippen LogP) is 2.52. The molecule has 1 aliphatic rings. The predicted molar refractivity (Wildman–Crippen MR) is 86.7 cm³/mol. The van der Waals surface area contributed by atoms with E-state index in [2.05, 4.69) is 48.6 Å². The quantitative estimate of drug-likeness (QED) is 0.775. The van der Waals surface area contributed by atoms with E-state index in [1.54, 1.807) is 0 Å². The molecule has 1 aromatic rings. The van der Waals surface area contributed by atoms with Crippen molar-refractivity contribution in [3.8, 4) is 0 Å². The van der Waals surface area contributed by atoms with Gasteiger partial charge in [0.15, 0.2) is 0 Å². The van der Waals surface area contributed by atoms with E-state index in [0.29, 0.717) is 0 Å². The Morgan fingerprint density at radius 3 is 2.10 bits per heavy atom. The van der Waals surface area contributed by atoms with Gasteiger partial charge in [-0.2, -0.15) is 0 Å². The minimum atomic E-state index is -0.375. The summed E-state index contributed by atoms with van der Waals surface area (Å²) in [5.74, 6) is 0.905. The molecular formula is C14H22BBrN2O2.